The van der Waals surface area contributed by atoms with Gasteiger partial charge in [-0.05, 0) is 29.8 Å². The van der Waals surface area contributed by atoms with Gasteiger partial charge < -0.3 is 9.88 Å². The smallest absolute Gasteiger partial charge is 0.345 e. The van der Waals surface area contributed by atoms with E-state index in [1.165, 1.54) is 30.3 Å². The van der Waals surface area contributed by atoms with Gasteiger partial charge in [0, 0.05) is 38.2 Å². The lowest BCUT2D eigenvalue weighted by Gasteiger charge is -2.20. The SMILES string of the molecule is O=C(NCc1nnc2n1CCN(Cc1cccc(C(F)(F)F)c1)CC2)c1cccc(F)c1. The zero-order chi connectivity index (χ0) is 22.7. The van der Waals surface area contributed by atoms with Crippen LogP contribution >= 0.6 is 0 Å². The summed E-state index contributed by atoms with van der Waals surface area (Å²) in [5, 5.41) is 11.1. The second kappa shape index (κ2) is 9.07. The van der Waals surface area contributed by atoms with Gasteiger partial charge in [-0.1, -0.05) is 24.3 Å². The summed E-state index contributed by atoms with van der Waals surface area (Å²) in [4.78, 5) is 14.3. The highest BCUT2D eigenvalue weighted by atomic mass is 19.4. The molecule has 0 saturated carbocycles. The summed E-state index contributed by atoms with van der Waals surface area (Å²) in [5.41, 5.74) is 0.159. The third-order valence-corrected chi connectivity index (χ3v) is 5.35. The fourth-order valence-corrected chi connectivity index (χ4v) is 3.71. The van der Waals surface area contributed by atoms with Gasteiger partial charge in [0.05, 0.1) is 12.1 Å². The molecule has 0 aliphatic carbocycles. The number of amides is 1. The Hall–Kier alpha value is -3.27. The van der Waals surface area contributed by atoms with Crippen LogP contribution < -0.4 is 5.32 Å². The minimum Gasteiger partial charge on any atom is -0.345 e. The van der Waals surface area contributed by atoms with Gasteiger partial charge in [-0.15, -0.1) is 10.2 Å². The van der Waals surface area contributed by atoms with E-state index in [0.29, 0.717) is 44.0 Å². The van der Waals surface area contributed by atoms with Gasteiger partial charge >= 0.3 is 6.18 Å². The Kier molecular flexibility index (Phi) is 6.22. The van der Waals surface area contributed by atoms with E-state index in [1.807, 2.05) is 4.57 Å². The van der Waals surface area contributed by atoms with Gasteiger partial charge in [-0.2, -0.15) is 13.2 Å². The molecule has 32 heavy (non-hydrogen) atoms. The molecule has 0 spiro atoms. The Labute approximate surface area is 181 Å². The van der Waals surface area contributed by atoms with Crippen LogP contribution in [0, 0.1) is 5.82 Å². The molecule has 1 N–H and O–H groups in total. The lowest BCUT2D eigenvalue weighted by molar-refractivity contribution is -0.137. The van der Waals surface area contributed by atoms with Crippen molar-refractivity contribution in [3.05, 3.63) is 82.7 Å². The van der Waals surface area contributed by atoms with Crippen LogP contribution in [-0.4, -0.2) is 38.7 Å². The first-order chi connectivity index (χ1) is 15.3. The van der Waals surface area contributed by atoms with Crippen LogP contribution in [0.5, 0.6) is 0 Å². The zero-order valence-corrected chi connectivity index (χ0v) is 17.1. The molecule has 0 radical (unpaired) electrons. The molecule has 2 heterocycles. The molecule has 4 rings (SSSR count). The molecule has 1 aromatic heterocycles. The van der Waals surface area contributed by atoms with E-state index in [1.54, 1.807) is 6.07 Å². The van der Waals surface area contributed by atoms with Crippen LogP contribution in [0.25, 0.3) is 0 Å². The third kappa shape index (κ3) is 5.13. The highest BCUT2D eigenvalue weighted by molar-refractivity contribution is 5.94. The Balaban J connectivity index is 1.38. The van der Waals surface area contributed by atoms with Crippen molar-refractivity contribution in [1.82, 2.24) is 25.0 Å². The number of carbonyl (C=O) groups is 1. The maximum absolute atomic E-state index is 13.3. The Morgan fingerprint density at radius 3 is 2.62 bits per heavy atom. The molecule has 6 nitrogen and oxygen atoms in total. The second-order valence-corrected chi connectivity index (χ2v) is 7.60. The van der Waals surface area contributed by atoms with Gasteiger partial charge in [-0.25, -0.2) is 4.39 Å². The first-order valence-electron chi connectivity index (χ1n) is 10.1. The van der Waals surface area contributed by atoms with Gasteiger partial charge in [0.25, 0.3) is 5.91 Å². The molecule has 3 aromatic rings. The number of benzene rings is 2. The number of rotatable bonds is 5. The fraction of sp³-hybridized carbons (Fsp3) is 0.318. The van der Waals surface area contributed by atoms with Crippen molar-refractivity contribution in [1.29, 1.82) is 0 Å². The fourth-order valence-electron chi connectivity index (χ4n) is 3.71. The second-order valence-electron chi connectivity index (χ2n) is 7.60. The molecule has 2 aromatic carbocycles. The van der Waals surface area contributed by atoms with Crippen molar-refractivity contribution >= 4 is 5.91 Å². The van der Waals surface area contributed by atoms with E-state index in [9.17, 15) is 22.4 Å². The van der Waals surface area contributed by atoms with Gasteiger partial charge in [0.15, 0.2) is 5.82 Å². The number of fused-ring (bicyclic) bond motifs is 1. The molecule has 0 unspecified atom stereocenters. The number of alkyl halides is 3. The summed E-state index contributed by atoms with van der Waals surface area (Å²) in [7, 11) is 0. The summed E-state index contributed by atoms with van der Waals surface area (Å²) in [6.07, 6.45) is -3.78. The van der Waals surface area contributed by atoms with Crippen LogP contribution in [0.15, 0.2) is 48.5 Å². The van der Waals surface area contributed by atoms with Crippen molar-refractivity contribution in [2.45, 2.75) is 32.2 Å². The van der Waals surface area contributed by atoms with Crippen molar-refractivity contribution in [2.75, 3.05) is 13.1 Å². The minimum absolute atomic E-state index is 0.135. The number of aromatic nitrogens is 3. The minimum atomic E-state index is -4.37. The van der Waals surface area contributed by atoms with Crippen molar-refractivity contribution in [3.8, 4) is 0 Å². The van der Waals surface area contributed by atoms with Crippen LogP contribution in [0.3, 0.4) is 0 Å². The normalized spacial score (nSPS) is 14.6. The molecule has 1 amide bonds. The van der Waals surface area contributed by atoms with Crippen LogP contribution in [0.4, 0.5) is 17.6 Å². The highest BCUT2D eigenvalue weighted by Crippen LogP contribution is 2.29. The van der Waals surface area contributed by atoms with E-state index in [-0.39, 0.29) is 12.1 Å². The topological polar surface area (TPSA) is 63.1 Å². The van der Waals surface area contributed by atoms with Gasteiger partial charge in [0.1, 0.15) is 11.6 Å². The Morgan fingerprint density at radius 2 is 1.84 bits per heavy atom. The maximum Gasteiger partial charge on any atom is 0.416 e. The molecule has 0 atom stereocenters. The molecule has 10 heteroatoms. The zero-order valence-electron chi connectivity index (χ0n) is 17.1. The van der Waals surface area contributed by atoms with E-state index < -0.39 is 23.5 Å². The lowest BCUT2D eigenvalue weighted by Crippen LogP contribution is -2.28. The number of hydrogen-bond acceptors (Lipinski definition) is 4. The molecule has 0 fully saturated rings. The van der Waals surface area contributed by atoms with E-state index in [4.69, 9.17) is 0 Å². The standard InChI is InChI=1S/C22H21F4N5O/c23-18-6-2-4-16(12-18)21(32)27-13-20-29-28-19-7-8-30(9-10-31(19)20)14-15-3-1-5-17(11-15)22(24,25)26/h1-6,11-12H,7-10,13-14H2,(H,27,32). The summed E-state index contributed by atoms with van der Waals surface area (Å²) in [6, 6.07) is 10.8. The van der Waals surface area contributed by atoms with Crippen molar-refractivity contribution < 1.29 is 22.4 Å². The molecular weight excluding hydrogens is 426 g/mol. The van der Waals surface area contributed by atoms with Crippen LogP contribution in [-0.2, 0) is 32.2 Å². The Morgan fingerprint density at radius 1 is 1.03 bits per heavy atom. The van der Waals surface area contributed by atoms with E-state index in [2.05, 4.69) is 20.4 Å². The third-order valence-electron chi connectivity index (χ3n) is 5.35. The van der Waals surface area contributed by atoms with Crippen molar-refractivity contribution in [2.24, 2.45) is 0 Å². The predicted octanol–water partition coefficient (Wildman–Crippen LogP) is 3.42. The Bertz CT molecular complexity index is 1110. The summed E-state index contributed by atoms with van der Waals surface area (Å²) >= 11 is 0. The number of nitrogens with zero attached hydrogens (tertiary/aromatic N) is 4. The van der Waals surface area contributed by atoms with E-state index in [0.717, 1.165) is 18.0 Å². The molecule has 1 aliphatic heterocycles. The van der Waals surface area contributed by atoms with Crippen LogP contribution in [0.1, 0.15) is 33.1 Å². The molecule has 168 valence electrons. The first kappa shape index (κ1) is 21.9. The average molecular weight is 447 g/mol. The molecule has 1 aliphatic rings. The quantitative estimate of drug-likeness (QED) is 0.609. The summed E-state index contributed by atoms with van der Waals surface area (Å²) < 4.78 is 54.1. The average Bonchev–Trinajstić information content (AvgIpc) is 3.04. The maximum atomic E-state index is 13.3. The van der Waals surface area contributed by atoms with Crippen molar-refractivity contribution in [3.63, 3.8) is 0 Å². The molecular formula is C22H21F4N5O. The summed E-state index contributed by atoms with van der Waals surface area (Å²) in [5.74, 6) is 0.425. The molecule has 0 saturated heterocycles. The number of carbonyl (C=O) groups excluding carboxylic acids is 1. The van der Waals surface area contributed by atoms with Gasteiger partial charge in [0.2, 0.25) is 0 Å². The molecule has 0 bridgehead atoms. The predicted molar refractivity (Wildman–Crippen MR) is 108 cm³/mol. The summed E-state index contributed by atoms with van der Waals surface area (Å²) in [6.45, 7) is 2.31. The van der Waals surface area contributed by atoms with Gasteiger partial charge in [-0.3, -0.25) is 9.69 Å². The van der Waals surface area contributed by atoms with Crippen LogP contribution in [0.2, 0.25) is 0 Å². The lowest BCUT2D eigenvalue weighted by atomic mass is 10.1. The number of hydrogen-bond donors (Lipinski definition) is 1. The highest BCUT2D eigenvalue weighted by Gasteiger charge is 2.30. The number of halogens is 4. The largest absolute Gasteiger partial charge is 0.416 e. The monoisotopic (exact) mass is 447 g/mol. The van der Waals surface area contributed by atoms with E-state index >= 15 is 0 Å². The first-order valence-corrected chi connectivity index (χ1v) is 10.1. The number of nitrogens with one attached hydrogen (secondary N) is 1.